The number of phenols is 1. The van der Waals surface area contributed by atoms with E-state index >= 15 is 0 Å². The van der Waals surface area contributed by atoms with Crippen molar-refractivity contribution in [3.8, 4) is 34.1 Å². The van der Waals surface area contributed by atoms with E-state index in [1.54, 1.807) is 43.9 Å². The van der Waals surface area contributed by atoms with Gasteiger partial charge in [-0.05, 0) is 60.5 Å². The van der Waals surface area contributed by atoms with E-state index in [4.69, 9.17) is 9.72 Å². The molecule has 6 rings (SSSR count). The van der Waals surface area contributed by atoms with E-state index in [-0.39, 0.29) is 11.7 Å². The summed E-state index contributed by atoms with van der Waals surface area (Å²) in [5.74, 6) is 1.74. The van der Waals surface area contributed by atoms with Crippen LogP contribution in [0.1, 0.15) is 16.8 Å². The Morgan fingerprint density at radius 1 is 0.923 bits per heavy atom. The molecule has 1 fully saturated rings. The molecule has 1 aliphatic heterocycles. The molecular weight excluding hydrogens is 494 g/mol. The lowest BCUT2D eigenvalue weighted by atomic mass is 10.0. The second kappa shape index (κ2) is 10.4. The van der Waals surface area contributed by atoms with Crippen molar-refractivity contribution in [1.29, 1.82) is 0 Å². The predicted octanol–water partition coefficient (Wildman–Crippen LogP) is 4.15. The van der Waals surface area contributed by atoms with Crippen LogP contribution in [0, 0.1) is 0 Å². The molecule has 39 heavy (non-hydrogen) atoms. The number of pyridine rings is 1. The predicted molar refractivity (Wildman–Crippen MR) is 148 cm³/mol. The van der Waals surface area contributed by atoms with E-state index in [0.717, 1.165) is 29.6 Å². The first-order chi connectivity index (χ1) is 19.1. The maximum Gasteiger partial charge on any atom is 0.253 e. The number of hydrogen-bond acceptors (Lipinski definition) is 8. The van der Waals surface area contributed by atoms with Crippen molar-refractivity contribution in [2.45, 2.75) is 6.42 Å². The minimum atomic E-state index is -0.0363. The molecule has 1 saturated heterocycles. The second-order valence-corrected chi connectivity index (χ2v) is 9.29. The van der Waals surface area contributed by atoms with Crippen molar-refractivity contribution in [1.82, 2.24) is 29.8 Å². The number of aromatic hydroxyl groups is 1. The molecule has 10 heteroatoms. The monoisotopic (exact) mass is 521 g/mol. The van der Waals surface area contributed by atoms with Gasteiger partial charge in [-0.15, -0.1) is 0 Å². The van der Waals surface area contributed by atoms with E-state index in [9.17, 15) is 9.90 Å². The Kier molecular flexibility index (Phi) is 6.50. The van der Waals surface area contributed by atoms with E-state index in [2.05, 4.69) is 24.8 Å². The SMILES string of the molecule is COc1ncccc1-c1ccc(O)c(-c2nc3cc(C(=O)N4CCCN(c5ncccn5)CC4)ccc3[nH]2)c1. The summed E-state index contributed by atoms with van der Waals surface area (Å²) < 4.78 is 5.40. The highest BCUT2D eigenvalue weighted by atomic mass is 16.5. The zero-order valence-corrected chi connectivity index (χ0v) is 21.4. The second-order valence-electron chi connectivity index (χ2n) is 9.29. The molecule has 10 nitrogen and oxygen atoms in total. The van der Waals surface area contributed by atoms with Gasteiger partial charge in [-0.2, -0.15) is 0 Å². The average molecular weight is 522 g/mol. The summed E-state index contributed by atoms with van der Waals surface area (Å²) in [6, 6.07) is 16.3. The molecule has 0 saturated carbocycles. The van der Waals surface area contributed by atoms with E-state index in [0.29, 0.717) is 53.9 Å². The summed E-state index contributed by atoms with van der Waals surface area (Å²) >= 11 is 0. The maximum absolute atomic E-state index is 13.4. The number of nitrogens with one attached hydrogen (secondary N) is 1. The van der Waals surface area contributed by atoms with Crippen molar-refractivity contribution in [3.63, 3.8) is 0 Å². The zero-order valence-electron chi connectivity index (χ0n) is 21.4. The van der Waals surface area contributed by atoms with Crippen LogP contribution in [0.3, 0.4) is 0 Å². The largest absolute Gasteiger partial charge is 0.507 e. The van der Waals surface area contributed by atoms with E-state index in [1.807, 2.05) is 41.3 Å². The summed E-state index contributed by atoms with van der Waals surface area (Å²) in [6.45, 7) is 2.70. The molecule has 196 valence electrons. The molecule has 5 aromatic rings. The molecular formula is C29H27N7O3. The van der Waals surface area contributed by atoms with Crippen LogP contribution in [0.5, 0.6) is 11.6 Å². The van der Waals surface area contributed by atoms with Gasteiger partial charge in [0.25, 0.3) is 5.91 Å². The van der Waals surface area contributed by atoms with Crippen LogP contribution in [0.15, 0.2) is 73.2 Å². The molecule has 1 aliphatic rings. The van der Waals surface area contributed by atoms with Gasteiger partial charge in [0.05, 0.1) is 23.7 Å². The summed E-state index contributed by atoms with van der Waals surface area (Å²) in [7, 11) is 1.57. The Morgan fingerprint density at radius 3 is 2.62 bits per heavy atom. The van der Waals surface area contributed by atoms with Gasteiger partial charge in [0.2, 0.25) is 11.8 Å². The molecule has 2 N–H and O–H groups in total. The molecule has 3 aromatic heterocycles. The summed E-state index contributed by atoms with van der Waals surface area (Å²) in [4.78, 5) is 38.3. The Labute approximate surface area is 225 Å². The number of aromatic amines is 1. The lowest BCUT2D eigenvalue weighted by Gasteiger charge is -2.22. The van der Waals surface area contributed by atoms with E-state index in [1.165, 1.54) is 0 Å². The zero-order chi connectivity index (χ0) is 26.8. The number of phenolic OH excluding ortho intramolecular Hbond substituents is 1. The van der Waals surface area contributed by atoms with Gasteiger partial charge in [-0.3, -0.25) is 4.79 Å². The number of fused-ring (bicyclic) bond motifs is 1. The fourth-order valence-corrected chi connectivity index (χ4v) is 4.89. The van der Waals surface area contributed by atoms with Crippen LogP contribution in [0.2, 0.25) is 0 Å². The van der Waals surface area contributed by atoms with Crippen molar-refractivity contribution >= 4 is 22.9 Å². The molecule has 0 spiro atoms. The van der Waals surface area contributed by atoms with Crippen LogP contribution in [-0.4, -0.2) is 74.1 Å². The van der Waals surface area contributed by atoms with Crippen LogP contribution >= 0.6 is 0 Å². The lowest BCUT2D eigenvalue weighted by Crippen LogP contribution is -2.35. The topological polar surface area (TPSA) is 120 Å². The highest BCUT2D eigenvalue weighted by Crippen LogP contribution is 2.35. The van der Waals surface area contributed by atoms with Gasteiger partial charge in [-0.1, -0.05) is 6.07 Å². The fourth-order valence-electron chi connectivity index (χ4n) is 4.89. The lowest BCUT2D eigenvalue weighted by molar-refractivity contribution is 0.0767. The molecule has 0 radical (unpaired) electrons. The molecule has 4 heterocycles. The Bertz CT molecular complexity index is 1640. The van der Waals surface area contributed by atoms with Crippen LogP contribution in [0.4, 0.5) is 5.95 Å². The molecule has 0 bridgehead atoms. The number of hydrogen-bond donors (Lipinski definition) is 2. The van der Waals surface area contributed by atoms with Gasteiger partial charge in [0.1, 0.15) is 11.6 Å². The maximum atomic E-state index is 13.4. The first-order valence-corrected chi connectivity index (χ1v) is 12.7. The van der Waals surface area contributed by atoms with Gasteiger partial charge in [-0.25, -0.2) is 19.9 Å². The van der Waals surface area contributed by atoms with Crippen molar-refractivity contribution < 1.29 is 14.6 Å². The number of aromatic nitrogens is 5. The van der Waals surface area contributed by atoms with E-state index < -0.39 is 0 Å². The quantitative estimate of drug-likeness (QED) is 0.354. The van der Waals surface area contributed by atoms with Crippen LogP contribution in [-0.2, 0) is 0 Å². The number of amides is 1. The molecule has 0 aliphatic carbocycles. The van der Waals surface area contributed by atoms with Crippen molar-refractivity contribution in [2.75, 3.05) is 38.2 Å². The Hall–Kier alpha value is -4.99. The van der Waals surface area contributed by atoms with Gasteiger partial charge in [0, 0.05) is 55.9 Å². The number of benzene rings is 2. The van der Waals surface area contributed by atoms with Gasteiger partial charge < -0.3 is 24.6 Å². The van der Waals surface area contributed by atoms with Crippen molar-refractivity contribution in [3.05, 3.63) is 78.8 Å². The number of H-pyrrole nitrogens is 1. The standard InChI is InChI=1S/C29H27N7O3/c1-39-27-21(5-2-10-30-27)19-7-9-25(37)22(17-19)26-33-23-8-6-20(18-24(23)34-26)28(38)35-13-4-14-36(16-15-35)29-31-11-3-12-32-29/h2-3,5-12,17-18,37H,4,13-16H2,1H3,(H,33,34). The number of imidazole rings is 1. The number of ether oxygens (including phenoxy) is 1. The third-order valence-corrected chi connectivity index (χ3v) is 6.88. The smallest absolute Gasteiger partial charge is 0.253 e. The van der Waals surface area contributed by atoms with Gasteiger partial charge >= 0.3 is 0 Å². The molecule has 0 unspecified atom stereocenters. The Balaban J connectivity index is 1.25. The number of carbonyl (C=O) groups is 1. The third-order valence-electron chi connectivity index (χ3n) is 6.88. The summed E-state index contributed by atoms with van der Waals surface area (Å²) in [5.41, 5.74) is 4.17. The molecule has 0 atom stereocenters. The van der Waals surface area contributed by atoms with Crippen LogP contribution < -0.4 is 9.64 Å². The Morgan fingerprint density at radius 2 is 1.77 bits per heavy atom. The first kappa shape index (κ1) is 24.4. The third kappa shape index (κ3) is 4.84. The number of methoxy groups -OCH3 is 1. The van der Waals surface area contributed by atoms with Crippen LogP contribution in [0.25, 0.3) is 33.5 Å². The minimum Gasteiger partial charge on any atom is -0.507 e. The normalized spacial score (nSPS) is 13.9. The first-order valence-electron chi connectivity index (χ1n) is 12.7. The highest BCUT2D eigenvalue weighted by Gasteiger charge is 2.22. The number of carbonyl (C=O) groups excluding carboxylic acids is 1. The summed E-state index contributed by atoms with van der Waals surface area (Å²) in [5, 5.41) is 10.6. The molecule has 1 amide bonds. The average Bonchev–Trinajstić information content (AvgIpc) is 3.25. The van der Waals surface area contributed by atoms with Gasteiger partial charge in [0.15, 0.2) is 0 Å². The summed E-state index contributed by atoms with van der Waals surface area (Å²) in [6.07, 6.45) is 5.96. The highest BCUT2D eigenvalue weighted by molar-refractivity contribution is 5.98. The fraction of sp³-hybridized carbons (Fsp3) is 0.207. The number of anilines is 1. The molecule has 2 aromatic carbocycles. The minimum absolute atomic E-state index is 0.0363. The van der Waals surface area contributed by atoms with Crippen molar-refractivity contribution in [2.24, 2.45) is 0 Å². The number of rotatable bonds is 5. The number of nitrogens with zero attached hydrogens (tertiary/aromatic N) is 6.